The van der Waals surface area contributed by atoms with Crippen LogP contribution in [0.25, 0.3) is 0 Å². The normalized spacial score (nSPS) is 19.1. The molecule has 0 aromatic carbocycles. The van der Waals surface area contributed by atoms with Gasteiger partial charge in [0.25, 0.3) is 0 Å². The Morgan fingerprint density at radius 3 is 1.89 bits per heavy atom. The van der Waals surface area contributed by atoms with Crippen LogP contribution < -0.4 is 21.3 Å². The van der Waals surface area contributed by atoms with E-state index in [2.05, 4.69) is 41.2 Å². The van der Waals surface area contributed by atoms with Gasteiger partial charge in [-0.25, -0.2) is 4.79 Å². The third-order valence-electron chi connectivity index (χ3n) is 4.00. The molecule has 4 atom stereocenters. The van der Waals surface area contributed by atoms with Gasteiger partial charge in [-0.15, -0.1) is 0 Å². The maximum atomic E-state index is 12.4. The molecule has 1 aliphatic rings. The first kappa shape index (κ1) is 24.0. The van der Waals surface area contributed by atoms with Crippen LogP contribution in [0.4, 0.5) is 0 Å². The average Bonchev–Trinajstić information content (AvgIpc) is 3.17. The highest BCUT2D eigenvalue weighted by Gasteiger charge is 2.31. The molecule has 11 nitrogen and oxygen atoms in total. The predicted molar refractivity (Wildman–Crippen MR) is 104 cm³/mol. The van der Waals surface area contributed by atoms with E-state index in [0.717, 1.165) is 6.42 Å². The number of carboxylic acids is 2. The van der Waals surface area contributed by atoms with Gasteiger partial charge in [-0.05, 0) is 19.4 Å². The van der Waals surface area contributed by atoms with Gasteiger partial charge in [0.15, 0.2) is 0 Å². The van der Waals surface area contributed by atoms with E-state index in [1.165, 1.54) is 0 Å². The maximum absolute atomic E-state index is 12.4. The van der Waals surface area contributed by atoms with Crippen molar-refractivity contribution in [2.24, 2.45) is 0 Å². The summed E-state index contributed by atoms with van der Waals surface area (Å²) in [4.78, 5) is 58.5. The molecule has 28 heavy (non-hydrogen) atoms. The fourth-order valence-electron chi connectivity index (χ4n) is 2.49. The van der Waals surface area contributed by atoms with Crippen molar-refractivity contribution >= 4 is 54.9 Å². The lowest BCUT2D eigenvalue weighted by molar-refractivity contribution is -0.147. The first-order chi connectivity index (χ1) is 13.2. The molecule has 1 saturated heterocycles. The lowest BCUT2D eigenvalue weighted by atomic mass is 10.1. The van der Waals surface area contributed by atoms with Crippen molar-refractivity contribution in [2.45, 2.75) is 43.4 Å². The Balaban J connectivity index is 2.67. The fraction of sp³-hybridized carbons (Fsp3) is 0.667. The Morgan fingerprint density at radius 1 is 0.929 bits per heavy atom. The number of aliphatic carboxylic acids is 2. The molecule has 13 heteroatoms. The van der Waals surface area contributed by atoms with E-state index in [-0.39, 0.29) is 17.4 Å². The van der Waals surface area contributed by atoms with E-state index in [1.807, 2.05) is 5.32 Å². The van der Waals surface area contributed by atoms with Crippen molar-refractivity contribution in [2.75, 3.05) is 18.1 Å². The number of amides is 3. The summed E-state index contributed by atoms with van der Waals surface area (Å²) in [5, 5.41) is 27.6. The van der Waals surface area contributed by atoms with E-state index in [9.17, 15) is 24.0 Å². The molecule has 0 aliphatic carbocycles. The number of hydrogen-bond donors (Lipinski definition) is 8. The molecule has 0 aromatic heterocycles. The van der Waals surface area contributed by atoms with Crippen molar-refractivity contribution in [3.8, 4) is 0 Å². The minimum Gasteiger partial charge on any atom is -0.481 e. The molecular formula is C15H24N4O7S2. The summed E-state index contributed by atoms with van der Waals surface area (Å²) < 4.78 is 0. The third-order valence-corrected chi connectivity index (χ3v) is 4.73. The molecule has 6 N–H and O–H groups in total. The first-order valence-corrected chi connectivity index (χ1v) is 9.76. The summed E-state index contributed by atoms with van der Waals surface area (Å²) >= 11 is 7.99. The van der Waals surface area contributed by atoms with Gasteiger partial charge < -0.3 is 31.5 Å². The molecule has 1 aliphatic heterocycles. The van der Waals surface area contributed by atoms with E-state index < -0.39 is 54.3 Å². The van der Waals surface area contributed by atoms with Gasteiger partial charge in [-0.1, -0.05) is 0 Å². The van der Waals surface area contributed by atoms with Crippen molar-refractivity contribution in [3.05, 3.63) is 0 Å². The highest BCUT2D eigenvalue weighted by Crippen LogP contribution is 2.05. The zero-order chi connectivity index (χ0) is 21.3. The summed E-state index contributed by atoms with van der Waals surface area (Å²) in [6, 6.07) is -4.29. The number of carbonyl (C=O) groups is 5. The van der Waals surface area contributed by atoms with Gasteiger partial charge in [0.1, 0.15) is 18.1 Å². The van der Waals surface area contributed by atoms with Crippen molar-refractivity contribution in [3.63, 3.8) is 0 Å². The Labute approximate surface area is 172 Å². The largest absolute Gasteiger partial charge is 0.481 e. The molecular weight excluding hydrogens is 412 g/mol. The second-order valence-electron chi connectivity index (χ2n) is 6.13. The number of carboxylic acid groups (broad SMARTS) is 2. The van der Waals surface area contributed by atoms with E-state index in [1.54, 1.807) is 0 Å². The highest BCUT2D eigenvalue weighted by molar-refractivity contribution is 7.80. The molecule has 4 unspecified atom stereocenters. The Bertz CT molecular complexity index is 613. The molecule has 0 bridgehead atoms. The van der Waals surface area contributed by atoms with Crippen molar-refractivity contribution in [1.29, 1.82) is 0 Å². The Kier molecular flexibility index (Phi) is 10.1. The van der Waals surface area contributed by atoms with Gasteiger partial charge in [0, 0.05) is 11.5 Å². The van der Waals surface area contributed by atoms with Crippen molar-refractivity contribution < 1.29 is 34.2 Å². The summed E-state index contributed by atoms with van der Waals surface area (Å²) in [5.41, 5.74) is 0. The molecule has 158 valence electrons. The van der Waals surface area contributed by atoms with Gasteiger partial charge >= 0.3 is 11.9 Å². The number of nitrogens with one attached hydrogen (secondary N) is 4. The summed E-state index contributed by atoms with van der Waals surface area (Å²) in [6.07, 6.45) is 0.672. The predicted octanol–water partition coefficient (Wildman–Crippen LogP) is -2.39. The molecule has 0 saturated carbocycles. The van der Waals surface area contributed by atoms with Crippen LogP contribution >= 0.6 is 25.3 Å². The van der Waals surface area contributed by atoms with Gasteiger partial charge in [-0.3, -0.25) is 19.2 Å². The standard InChI is InChI=1S/C15H24N4O7S2/c20-11(21)4-8(15(25)26)17-13(23)9(5-27)19-14(24)10(6-28)18-12(22)7-2-1-3-16-7/h7-10,16,27-28H,1-6H2,(H,17,23)(H,18,22)(H,19,24)(H,20,21)(H,25,26). The smallest absolute Gasteiger partial charge is 0.326 e. The molecule has 1 fully saturated rings. The third kappa shape index (κ3) is 7.56. The van der Waals surface area contributed by atoms with Gasteiger partial charge in [-0.2, -0.15) is 25.3 Å². The first-order valence-electron chi connectivity index (χ1n) is 8.50. The molecule has 1 heterocycles. The molecule has 0 aromatic rings. The van der Waals surface area contributed by atoms with E-state index in [4.69, 9.17) is 10.2 Å². The summed E-state index contributed by atoms with van der Waals surface area (Å²) in [5.74, 6) is -5.08. The average molecular weight is 437 g/mol. The topological polar surface area (TPSA) is 174 Å². The Hall–Kier alpha value is -1.99. The molecule has 0 radical (unpaired) electrons. The van der Waals surface area contributed by atoms with Crippen LogP contribution in [-0.2, 0) is 24.0 Å². The second kappa shape index (κ2) is 11.8. The van der Waals surface area contributed by atoms with Crippen LogP contribution in [0.3, 0.4) is 0 Å². The van der Waals surface area contributed by atoms with E-state index >= 15 is 0 Å². The summed E-state index contributed by atoms with van der Waals surface area (Å²) in [7, 11) is 0. The highest BCUT2D eigenvalue weighted by atomic mass is 32.1. The van der Waals surface area contributed by atoms with Crippen LogP contribution in [0.1, 0.15) is 19.3 Å². The zero-order valence-electron chi connectivity index (χ0n) is 14.9. The summed E-state index contributed by atoms with van der Waals surface area (Å²) in [6.45, 7) is 0.707. The quantitative estimate of drug-likeness (QED) is 0.166. The number of thiol groups is 2. The minimum atomic E-state index is -1.65. The van der Waals surface area contributed by atoms with Gasteiger partial charge in [0.2, 0.25) is 17.7 Å². The fourth-order valence-corrected chi connectivity index (χ4v) is 3.00. The lowest BCUT2D eigenvalue weighted by Crippen LogP contribution is -2.58. The maximum Gasteiger partial charge on any atom is 0.326 e. The molecule has 3 amide bonds. The van der Waals surface area contributed by atoms with Gasteiger partial charge in [0.05, 0.1) is 12.5 Å². The van der Waals surface area contributed by atoms with Crippen LogP contribution in [0.2, 0.25) is 0 Å². The molecule has 0 spiro atoms. The lowest BCUT2D eigenvalue weighted by Gasteiger charge is -2.23. The van der Waals surface area contributed by atoms with Crippen LogP contribution in [0, 0.1) is 0 Å². The second-order valence-corrected chi connectivity index (χ2v) is 6.86. The number of rotatable bonds is 11. The zero-order valence-corrected chi connectivity index (χ0v) is 16.7. The van der Waals surface area contributed by atoms with Crippen molar-refractivity contribution in [1.82, 2.24) is 21.3 Å². The Morgan fingerprint density at radius 2 is 1.46 bits per heavy atom. The van der Waals surface area contributed by atoms with E-state index in [0.29, 0.717) is 13.0 Å². The minimum absolute atomic E-state index is 0.0258. The molecule has 1 rings (SSSR count). The van der Waals surface area contributed by atoms with Crippen LogP contribution in [-0.4, -0.2) is 82.1 Å². The SMILES string of the molecule is O=C(O)CC(NC(=O)C(CS)NC(=O)C(CS)NC(=O)C1CCCN1)C(=O)O. The number of hydrogen-bond acceptors (Lipinski definition) is 8. The monoisotopic (exact) mass is 436 g/mol. The number of carbonyl (C=O) groups excluding carboxylic acids is 3. The van der Waals surface area contributed by atoms with Crippen LogP contribution in [0.5, 0.6) is 0 Å². The van der Waals surface area contributed by atoms with Crippen LogP contribution in [0.15, 0.2) is 0 Å².